The van der Waals surface area contributed by atoms with Gasteiger partial charge in [-0.15, -0.1) is 0 Å². The van der Waals surface area contributed by atoms with Gasteiger partial charge in [-0.2, -0.15) is 0 Å². The molecule has 2 aromatic rings. The number of anilines is 3. The number of nitrogens with zero attached hydrogens (tertiary/aromatic N) is 1. The Labute approximate surface area is 215 Å². The number of carbonyl (C=O) groups excluding carboxylic acids is 1. The van der Waals surface area contributed by atoms with Crippen molar-refractivity contribution in [2.24, 2.45) is 0 Å². The molecule has 0 bridgehead atoms. The molecule has 3 N–H and O–H groups in total. The first kappa shape index (κ1) is 27.7. The molecule has 1 saturated heterocycles. The molecule has 36 heavy (non-hydrogen) atoms. The summed E-state index contributed by atoms with van der Waals surface area (Å²) in [6, 6.07) is 9.17. The summed E-state index contributed by atoms with van der Waals surface area (Å²) >= 11 is 5.82. The van der Waals surface area contributed by atoms with Crippen LogP contribution in [0.3, 0.4) is 0 Å². The number of urea groups is 1. The molecule has 1 aliphatic heterocycles. The van der Waals surface area contributed by atoms with Crippen molar-refractivity contribution < 1.29 is 28.6 Å². The van der Waals surface area contributed by atoms with Gasteiger partial charge in [0.1, 0.15) is 5.82 Å². The minimum atomic E-state index is -0.943. The first-order chi connectivity index (χ1) is 17.3. The molecule has 196 valence electrons. The molecule has 0 spiro atoms. The van der Waals surface area contributed by atoms with Crippen LogP contribution in [0.2, 0.25) is 5.02 Å². The smallest absolute Gasteiger partial charge is 0.323 e. The van der Waals surface area contributed by atoms with Crippen molar-refractivity contribution in [3.05, 3.63) is 52.8 Å². The minimum Gasteiger partial charge on any atom is -0.481 e. The van der Waals surface area contributed by atoms with E-state index in [4.69, 9.17) is 21.1 Å². The van der Waals surface area contributed by atoms with Crippen LogP contribution in [0.15, 0.2) is 36.4 Å². The molecule has 3 rings (SSSR count). The van der Waals surface area contributed by atoms with E-state index >= 15 is 0 Å². The molecule has 10 heteroatoms. The summed E-state index contributed by atoms with van der Waals surface area (Å²) in [6.45, 7) is 4.40. The van der Waals surface area contributed by atoms with Crippen LogP contribution in [-0.2, 0) is 14.3 Å². The van der Waals surface area contributed by atoms with E-state index in [0.29, 0.717) is 18.9 Å². The Balaban J connectivity index is 1.96. The molecule has 0 radical (unpaired) electrons. The zero-order valence-corrected chi connectivity index (χ0v) is 21.3. The van der Waals surface area contributed by atoms with Gasteiger partial charge in [0.15, 0.2) is 0 Å². The summed E-state index contributed by atoms with van der Waals surface area (Å²) < 4.78 is 25.1. The number of amides is 2. The van der Waals surface area contributed by atoms with Crippen LogP contribution in [0.4, 0.5) is 26.2 Å². The third-order valence-electron chi connectivity index (χ3n) is 6.11. The number of hydrogen-bond acceptors (Lipinski definition) is 5. The second-order valence-corrected chi connectivity index (χ2v) is 9.20. The Morgan fingerprint density at radius 2 is 1.92 bits per heavy atom. The number of rotatable bonds is 11. The highest BCUT2D eigenvalue weighted by atomic mass is 35.5. The zero-order valence-electron chi connectivity index (χ0n) is 20.6. The normalized spacial score (nSPS) is 14.8. The largest absolute Gasteiger partial charge is 0.481 e. The Bertz CT molecular complexity index is 1050. The lowest BCUT2D eigenvalue weighted by atomic mass is 9.95. The van der Waals surface area contributed by atoms with Crippen molar-refractivity contribution >= 4 is 40.7 Å². The van der Waals surface area contributed by atoms with Crippen molar-refractivity contribution in [3.63, 3.8) is 0 Å². The summed E-state index contributed by atoms with van der Waals surface area (Å²) in [5.41, 5.74) is 2.03. The third-order valence-corrected chi connectivity index (χ3v) is 6.35. The average Bonchev–Trinajstić information content (AvgIpc) is 2.84. The fraction of sp³-hybridized carbons (Fsp3) is 0.462. The van der Waals surface area contributed by atoms with Crippen molar-refractivity contribution in [3.8, 4) is 0 Å². The number of carboxylic acid groups (broad SMARTS) is 1. The molecule has 2 aromatic carbocycles. The van der Waals surface area contributed by atoms with E-state index in [0.717, 1.165) is 43.1 Å². The zero-order chi connectivity index (χ0) is 26.1. The lowest BCUT2D eigenvalue weighted by molar-refractivity contribution is -0.137. The predicted octanol–water partition coefficient (Wildman–Crippen LogP) is 5.72. The molecule has 0 aliphatic carbocycles. The molecular formula is C26H33ClFN3O5. The summed E-state index contributed by atoms with van der Waals surface area (Å²) in [6.07, 6.45) is 2.49. The van der Waals surface area contributed by atoms with Gasteiger partial charge in [0, 0.05) is 43.9 Å². The van der Waals surface area contributed by atoms with E-state index in [1.165, 1.54) is 19.2 Å². The molecule has 0 aromatic heterocycles. The molecule has 1 fully saturated rings. The topological polar surface area (TPSA) is 100 Å². The number of methoxy groups -OCH3 is 1. The highest BCUT2D eigenvalue weighted by molar-refractivity contribution is 6.30. The number of hydrogen-bond donors (Lipinski definition) is 3. The van der Waals surface area contributed by atoms with Gasteiger partial charge in [0.25, 0.3) is 0 Å². The maximum absolute atomic E-state index is 14.3. The number of aliphatic carboxylic acids is 1. The van der Waals surface area contributed by atoms with E-state index in [1.807, 2.05) is 12.1 Å². The van der Waals surface area contributed by atoms with Crippen LogP contribution in [0, 0.1) is 5.82 Å². The van der Waals surface area contributed by atoms with Gasteiger partial charge in [0.2, 0.25) is 0 Å². The minimum absolute atomic E-state index is 0.00687. The first-order valence-electron chi connectivity index (χ1n) is 12.0. The maximum Gasteiger partial charge on any atom is 0.323 e. The van der Waals surface area contributed by atoms with Gasteiger partial charge in [-0.3, -0.25) is 4.79 Å². The van der Waals surface area contributed by atoms with E-state index in [9.17, 15) is 19.1 Å². The van der Waals surface area contributed by atoms with Crippen molar-refractivity contribution in [2.75, 3.05) is 49.0 Å². The summed E-state index contributed by atoms with van der Waals surface area (Å²) in [5, 5.41) is 15.0. The number of nitrogens with one attached hydrogen (secondary N) is 2. The molecule has 0 unspecified atom stereocenters. The van der Waals surface area contributed by atoms with Gasteiger partial charge in [0.05, 0.1) is 30.1 Å². The van der Waals surface area contributed by atoms with Gasteiger partial charge in [-0.25, -0.2) is 9.18 Å². The van der Waals surface area contributed by atoms with Crippen molar-refractivity contribution in [1.82, 2.24) is 0 Å². The summed E-state index contributed by atoms with van der Waals surface area (Å²) in [5.74, 6) is -1.99. The Kier molecular flexibility index (Phi) is 10.3. The van der Waals surface area contributed by atoms with Crippen molar-refractivity contribution in [1.29, 1.82) is 0 Å². The number of ether oxygens (including phenoxy) is 2. The van der Waals surface area contributed by atoms with Gasteiger partial charge in [-0.05, 0) is 55.2 Å². The van der Waals surface area contributed by atoms with Gasteiger partial charge < -0.3 is 30.1 Å². The number of carbonyl (C=O) groups is 2. The quantitative estimate of drug-likeness (QED) is 0.349. The molecule has 0 saturated carbocycles. The van der Waals surface area contributed by atoms with Crippen LogP contribution in [0.5, 0.6) is 0 Å². The average molecular weight is 522 g/mol. The van der Waals surface area contributed by atoms with E-state index in [-0.39, 0.29) is 29.8 Å². The van der Waals surface area contributed by atoms with Gasteiger partial charge >= 0.3 is 12.0 Å². The fourth-order valence-corrected chi connectivity index (χ4v) is 4.61. The summed E-state index contributed by atoms with van der Waals surface area (Å²) in [7, 11) is 1.52. The van der Waals surface area contributed by atoms with Crippen LogP contribution in [-0.4, -0.2) is 56.6 Å². The monoisotopic (exact) mass is 521 g/mol. The molecule has 2 amide bonds. The Morgan fingerprint density at radius 3 is 2.56 bits per heavy atom. The van der Waals surface area contributed by atoms with Crippen LogP contribution in [0.25, 0.3) is 0 Å². The standard InChI is InChI=1S/C26H33ClFN3O5/c1-3-10-31(20-8-11-36-12-9-20)24-7-4-17(18(16-35-2)14-25(32)33)13-23(24)30-26(34)29-22-6-5-19(27)15-21(22)28/h4-7,13,15,18,20H,3,8-12,14,16H2,1-2H3,(H,32,33)(H2,29,30,34)/t18-/m0/s1. The highest BCUT2D eigenvalue weighted by Gasteiger charge is 2.25. The van der Waals surface area contributed by atoms with E-state index in [2.05, 4.69) is 22.5 Å². The number of carboxylic acids is 1. The molecule has 1 heterocycles. The second kappa shape index (κ2) is 13.4. The number of halogens is 2. The number of benzene rings is 2. The second-order valence-electron chi connectivity index (χ2n) is 8.77. The van der Waals surface area contributed by atoms with Crippen LogP contribution >= 0.6 is 11.6 Å². The van der Waals surface area contributed by atoms with Crippen LogP contribution in [0.1, 0.15) is 44.1 Å². The van der Waals surface area contributed by atoms with Crippen LogP contribution < -0.4 is 15.5 Å². The predicted molar refractivity (Wildman–Crippen MR) is 139 cm³/mol. The molecule has 1 atom stereocenters. The molecule has 8 nitrogen and oxygen atoms in total. The molecular weight excluding hydrogens is 489 g/mol. The molecule has 1 aliphatic rings. The lowest BCUT2D eigenvalue weighted by Crippen LogP contribution is -2.40. The SMILES string of the molecule is CCCN(c1ccc([C@H](COC)CC(=O)O)cc1NC(=O)Nc1ccc(Cl)cc1F)C1CCOCC1. The fourth-order valence-electron chi connectivity index (χ4n) is 4.45. The van der Waals surface area contributed by atoms with Crippen molar-refractivity contribution in [2.45, 2.75) is 44.6 Å². The first-order valence-corrected chi connectivity index (χ1v) is 12.4. The third kappa shape index (κ3) is 7.56. The Morgan fingerprint density at radius 1 is 1.19 bits per heavy atom. The Hall–Kier alpha value is -2.88. The maximum atomic E-state index is 14.3. The van der Waals surface area contributed by atoms with E-state index in [1.54, 1.807) is 6.07 Å². The highest BCUT2D eigenvalue weighted by Crippen LogP contribution is 2.34. The van der Waals surface area contributed by atoms with Gasteiger partial charge in [-0.1, -0.05) is 24.6 Å². The lowest BCUT2D eigenvalue weighted by Gasteiger charge is -2.37. The van der Waals surface area contributed by atoms with E-state index < -0.39 is 23.7 Å². The summed E-state index contributed by atoms with van der Waals surface area (Å²) in [4.78, 5) is 26.6.